The molecule has 0 saturated heterocycles. The summed E-state index contributed by atoms with van der Waals surface area (Å²) in [5.41, 5.74) is 1.34. The predicted octanol–water partition coefficient (Wildman–Crippen LogP) is 5.07. The number of hydrogen-bond acceptors (Lipinski definition) is 3. The molecule has 1 unspecified atom stereocenters. The minimum absolute atomic E-state index is 0.266. The second-order valence-corrected chi connectivity index (χ2v) is 8.05. The number of fused-ring (bicyclic) bond motifs is 2. The zero-order chi connectivity index (χ0) is 23.7. The zero-order valence-corrected chi connectivity index (χ0v) is 18.0. The Labute approximate surface area is 194 Å². The van der Waals surface area contributed by atoms with E-state index in [-0.39, 0.29) is 13.2 Å². The molecular weight excluding hydrogens is 438 g/mol. The van der Waals surface area contributed by atoms with Crippen molar-refractivity contribution in [3.8, 4) is 5.75 Å². The number of hydrogen-bond donors (Lipinski definition) is 1. The smallest absolute Gasteiger partial charge is 0.261 e. The summed E-state index contributed by atoms with van der Waals surface area (Å²) in [7, 11) is 0. The fourth-order valence-corrected chi connectivity index (χ4v) is 4.20. The number of ether oxygens (including phenoxy) is 1. The van der Waals surface area contributed by atoms with Crippen molar-refractivity contribution in [3.05, 3.63) is 108 Å². The molecule has 0 aromatic heterocycles. The van der Waals surface area contributed by atoms with Gasteiger partial charge >= 0.3 is 0 Å². The zero-order valence-electron chi connectivity index (χ0n) is 18.0. The molecule has 7 heteroatoms. The number of carbonyl (C=O) groups excluding carboxylic acids is 2. The van der Waals surface area contributed by atoms with Gasteiger partial charge in [-0.3, -0.25) is 9.59 Å². The lowest BCUT2D eigenvalue weighted by atomic mass is 9.95. The number of rotatable bonds is 4. The third-order valence-corrected chi connectivity index (χ3v) is 5.80. The lowest BCUT2D eigenvalue weighted by molar-refractivity contribution is -0.138. The lowest BCUT2D eigenvalue weighted by Gasteiger charge is -2.30. The average Bonchev–Trinajstić information content (AvgIpc) is 2.98. The van der Waals surface area contributed by atoms with Gasteiger partial charge in [-0.15, -0.1) is 0 Å². The maximum absolute atomic E-state index is 14.2. The molecule has 0 radical (unpaired) electrons. The van der Waals surface area contributed by atoms with Crippen molar-refractivity contribution < 1.29 is 23.1 Å². The normalized spacial score (nSPS) is 15.4. The Bertz CT molecular complexity index is 1390. The van der Waals surface area contributed by atoms with E-state index in [9.17, 15) is 18.4 Å². The van der Waals surface area contributed by atoms with Crippen molar-refractivity contribution in [1.29, 1.82) is 0 Å². The second kappa shape index (κ2) is 8.94. The van der Waals surface area contributed by atoms with Gasteiger partial charge in [-0.2, -0.15) is 0 Å². The minimum atomic E-state index is -0.807. The highest BCUT2D eigenvalue weighted by Gasteiger charge is 2.34. The first-order valence-corrected chi connectivity index (χ1v) is 10.7. The van der Waals surface area contributed by atoms with Crippen LogP contribution in [0.5, 0.6) is 5.75 Å². The number of nitrogens with one attached hydrogen (secondary N) is 1. The maximum Gasteiger partial charge on any atom is 0.261 e. The Morgan fingerprint density at radius 1 is 0.912 bits per heavy atom. The highest BCUT2D eigenvalue weighted by atomic mass is 19.1. The van der Waals surface area contributed by atoms with Crippen molar-refractivity contribution in [2.24, 2.45) is 0 Å². The van der Waals surface area contributed by atoms with Gasteiger partial charge in [0.25, 0.3) is 5.91 Å². The largest absolute Gasteiger partial charge is 0.484 e. The van der Waals surface area contributed by atoms with Gasteiger partial charge < -0.3 is 15.0 Å². The highest BCUT2D eigenvalue weighted by Crippen LogP contribution is 2.36. The van der Waals surface area contributed by atoms with Gasteiger partial charge in [-0.1, -0.05) is 42.5 Å². The van der Waals surface area contributed by atoms with Gasteiger partial charge in [-0.05, 0) is 58.8 Å². The third kappa shape index (κ3) is 4.32. The molecular formula is C27H20F2N2O3. The second-order valence-electron chi connectivity index (χ2n) is 8.05. The van der Waals surface area contributed by atoms with Crippen molar-refractivity contribution in [2.75, 3.05) is 18.5 Å². The molecule has 4 aromatic carbocycles. The predicted molar refractivity (Wildman–Crippen MR) is 124 cm³/mol. The molecule has 1 atom stereocenters. The SMILES string of the molecule is O=C1CN(C(=O)COc2ccc3ccccc3c2)C(c2ccc(F)cc2)c2cc(F)ccc2N1. The van der Waals surface area contributed by atoms with Crippen LogP contribution in [0.4, 0.5) is 14.5 Å². The Morgan fingerprint density at radius 3 is 2.44 bits per heavy atom. The van der Waals surface area contributed by atoms with E-state index < -0.39 is 29.5 Å². The monoisotopic (exact) mass is 458 g/mol. The first kappa shape index (κ1) is 21.6. The van der Waals surface area contributed by atoms with Crippen LogP contribution in [-0.2, 0) is 9.59 Å². The summed E-state index contributed by atoms with van der Waals surface area (Å²) in [4.78, 5) is 27.3. The number of carbonyl (C=O) groups is 2. The molecule has 0 fully saturated rings. The Morgan fingerprint density at radius 2 is 1.65 bits per heavy atom. The number of nitrogens with zero attached hydrogens (tertiary/aromatic N) is 1. The molecule has 34 heavy (non-hydrogen) atoms. The topological polar surface area (TPSA) is 58.6 Å². The summed E-state index contributed by atoms with van der Waals surface area (Å²) in [6, 6.07) is 22.0. The van der Waals surface area contributed by atoms with E-state index in [1.165, 1.54) is 47.4 Å². The summed E-state index contributed by atoms with van der Waals surface area (Å²) in [5.74, 6) is -1.33. The molecule has 1 N–H and O–H groups in total. The summed E-state index contributed by atoms with van der Waals surface area (Å²) < 4.78 is 33.6. The summed E-state index contributed by atoms with van der Waals surface area (Å²) in [6.45, 7) is -0.591. The summed E-state index contributed by atoms with van der Waals surface area (Å²) >= 11 is 0. The Balaban J connectivity index is 1.48. The third-order valence-electron chi connectivity index (χ3n) is 5.80. The van der Waals surface area contributed by atoms with Gasteiger partial charge in [0.15, 0.2) is 6.61 Å². The van der Waals surface area contributed by atoms with E-state index >= 15 is 0 Å². The molecule has 170 valence electrons. The molecule has 0 bridgehead atoms. The average molecular weight is 458 g/mol. The van der Waals surface area contributed by atoms with Crippen LogP contribution in [0.2, 0.25) is 0 Å². The van der Waals surface area contributed by atoms with Crippen LogP contribution in [0.25, 0.3) is 10.8 Å². The number of benzene rings is 4. The first-order chi connectivity index (χ1) is 16.5. The molecule has 0 saturated carbocycles. The van der Waals surface area contributed by atoms with E-state index in [0.717, 1.165) is 10.8 Å². The highest BCUT2D eigenvalue weighted by molar-refractivity contribution is 5.97. The quantitative estimate of drug-likeness (QED) is 0.465. The standard InChI is InChI=1S/C27H20F2N2O3/c28-20-8-5-18(6-9-20)27-23-14-21(29)10-12-24(23)30-25(32)15-31(27)26(33)16-34-22-11-7-17-3-1-2-4-19(17)13-22/h1-14,27H,15-16H2,(H,30,32). The molecule has 5 rings (SSSR count). The van der Waals surface area contributed by atoms with Crippen LogP contribution >= 0.6 is 0 Å². The van der Waals surface area contributed by atoms with E-state index in [2.05, 4.69) is 5.32 Å². The first-order valence-electron chi connectivity index (χ1n) is 10.7. The fraction of sp³-hybridized carbons (Fsp3) is 0.111. The molecule has 1 aliphatic rings. The summed E-state index contributed by atoms with van der Waals surface area (Å²) in [6.07, 6.45) is 0. The van der Waals surface area contributed by atoms with Crippen LogP contribution in [-0.4, -0.2) is 29.9 Å². The maximum atomic E-state index is 14.2. The van der Waals surface area contributed by atoms with Crippen molar-refractivity contribution in [3.63, 3.8) is 0 Å². The molecule has 4 aromatic rings. The Kier molecular flexibility index (Phi) is 5.67. The van der Waals surface area contributed by atoms with Crippen LogP contribution in [0.3, 0.4) is 0 Å². The molecule has 0 aliphatic carbocycles. The van der Waals surface area contributed by atoms with Gasteiger partial charge in [-0.25, -0.2) is 8.78 Å². The van der Waals surface area contributed by atoms with E-state index in [0.29, 0.717) is 22.6 Å². The lowest BCUT2D eigenvalue weighted by Crippen LogP contribution is -2.41. The van der Waals surface area contributed by atoms with Crippen molar-refractivity contribution in [1.82, 2.24) is 4.90 Å². The number of amides is 2. The van der Waals surface area contributed by atoms with Gasteiger partial charge in [0.05, 0.1) is 6.04 Å². The molecule has 0 spiro atoms. The van der Waals surface area contributed by atoms with E-state index in [1.54, 1.807) is 6.07 Å². The molecule has 1 heterocycles. The van der Waals surface area contributed by atoms with Crippen LogP contribution in [0.15, 0.2) is 84.9 Å². The van der Waals surface area contributed by atoms with E-state index in [1.807, 2.05) is 36.4 Å². The molecule has 2 amide bonds. The number of anilines is 1. The van der Waals surface area contributed by atoms with Crippen molar-refractivity contribution >= 4 is 28.3 Å². The molecule has 5 nitrogen and oxygen atoms in total. The van der Waals surface area contributed by atoms with Gasteiger partial charge in [0, 0.05) is 11.3 Å². The van der Waals surface area contributed by atoms with Gasteiger partial charge in [0.1, 0.15) is 23.9 Å². The number of halogens is 2. The Hall–Kier alpha value is -4.26. The van der Waals surface area contributed by atoms with Crippen molar-refractivity contribution in [2.45, 2.75) is 6.04 Å². The summed E-state index contributed by atoms with van der Waals surface area (Å²) in [5, 5.41) is 4.73. The van der Waals surface area contributed by atoms with Crippen LogP contribution in [0.1, 0.15) is 17.2 Å². The fourth-order valence-electron chi connectivity index (χ4n) is 4.20. The van der Waals surface area contributed by atoms with Crippen LogP contribution < -0.4 is 10.1 Å². The van der Waals surface area contributed by atoms with Gasteiger partial charge in [0.2, 0.25) is 5.91 Å². The van der Waals surface area contributed by atoms with Crippen LogP contribution in [0, 0.1) is 11.6 Å². The van der Waals surface area contributed by atoms with E-state index in [4.69, 9.17) is 4.74 Å². The molecule has 1 aliphatic heterocycles. The minimum Gasteiger partial charge on any atom is -0.484 e.